The van der Waals surface area contributed by atoms with E-state index >= 15 is 0 Å². The number of carbonyl (C=O) groups is 2. The molecule has 8 nitrogen and oxygen atoms in total. The molecular formula is C38H28N6O2. The first-order valence-electron chi connectivity index (χ1n) is 14.9. The summed E-state index contributed by atoms with van der Waals surface area (Å²) in [5.41, 5.74) is 6.22. The number of benzene rings is 5. The molecule has 7 aromatic rings. The standard InChI is InChI=1S/C38H28N6O2/c45-37(29-19-9-3-10-20-29)35-33(27-15-5-1-6-16-27)39-43(41-35)25-31-23-13-14-24-32(31)26-44-40-34(28-17-7-2-8-18-28)36(42-44)38(46)30-21-11-4-12-22-30/h1-24H,25-26H2. The van der Waals surface area contributed by atoms with Gasteiger partial charge in [-0.25, -0.2) is 0 Å². The van der Waals surface area contributed by atoms with E-state index in [1.807, 2.05) is 121 Å². The van der Waals surface area contributed by atoms with Gasteiger partial charge in [-0.1, -0.05) is 146 Å². The fourth-order valence-corrected chi connectivity index (χ4v) is 5.35. The Morgan fingerprint density at radius 2 is 0.739 bits per heavy atom. The van der Waals surface area contributed by atoms with Gasteiger partial charge in [-0.15, -0.1) is 10.2 Å². The van der Waals surface area contributed by atoms with E-state index in [0.29, 0.717) is 47.0 Å². The molecule has 222 valence electrons. The summed E-state index contributed by atoms with van der Waals surface area (Å²) in [5.74, 6) is -0.382. The van der Waals surface area contributed by atoms with Crippen LogP contribution < -0.4 is 0 Å². The van der Waals surface area contributed by atoms with Crippen LogP contribution >= 0.6 is 0 Å². The first-order valence-corrected chi connectivity index (χ1v) is 14.9. The van der Waals surface area contributed by atoms with Gasteiger partial charge in [-0.2, -0.15) is 19.8 Å². The highest BCUT2D eigenvalue weighted by Gasteiger charge is 2.23. The summed E-state index contributed by atoms with van der Waals surface area (Å²) < 4.78 is 0. The lowest BCUT2D eigenvalue weighted by Gasteiger charge is -2.08. The summed E-state index contributed by atoms with van der Waals surface area (Å²) in [6.07, 6.45) is 0. The summed E-state index contributed by atoms with van der Waals surface area (Å²) in [4.78, 5) is 30.2. The predicted octanol–water partition coefficient (Wildman–Crippen LogP) is 6.76. The topological polar surface area (TPSA) is 95.6 Å². The molecule has 8 heteroatoms. The molecule has 0 radical (unpaired) electrons. The third-order valence-corrected chi connectivity index (χ3v) is 7.65. The van der Waals surface area contributed by atoms with Gasteiger partial charge in [-0.05, 0) is 11.1 Å². The van der Waals surface area contributed by atoms with E-state index in [-0.39, 0.29) is 11.6 Å². The van der Waals surface area contributed by atoms with Crippen molar-refractivity contribution in [3.63, 3.8) is 0 Å². The Morgan fingerprint density at radius 3 is 1.11 bits per heavy atom. The molecule has 0 spiro atoms. The van der Waals surface area contributed by atoms with Crippen molar-refractivity contribution in [1.82, 2.24) is 30.0 Å². The van der Waals surface area contributed by atoms with Gasteiger partial charge in [0.15, 0.2) is 11.4 Å². The average Bonchev–Trinajstić information content (AvgIpc) is 3.75. The Balaban J connectivity index is 1.23. The highest BCUT2D eigenvalue weighted by atomic mass is 16.1. The second kappa shape index (κ2) is 12.8. The van der Waals surface area contributed by atoms with Gasteiger partial charge < -0.3 is 0 Å². The summed E-state index contributed by atoms with van der Waals surface area (Å²) in [6, 6.07) is 45.3. The fourth-order valence-electron chi connectivity index (χ4n) is 5.35. The molecule has 0 atom stereocenters. The normalized spacial score (nSPS) is 11.0. The zero-order valence-electron chi connectivity index (χ0n) is 24.8. The van der Waals surface area contributed by atoms with Crippen LogP contribution in [-0.2, 0) is 13.1 Å². The molecule has 0 saturated carbocycles. The first-order chi connectivity index (χ1) is 22.6. The minimum Gasteiger partial charge on any atom is -0.287 e. The molecule has 2 heterocycles. The van der Waals surface area contributed by atoms with Gasteiger partial charge in [0.1, 0.15) is 11.4 Å². The molecule has 0 fully saturated rings. The summed E-state index contributed by atoms with van der Waals surface area (Å²) in [5, 5.41) is 19.0. The van der Waals surface area contributed by atoms with Crippen molar-refractivity contribution in [1.29, 1.82) is 0 Å². The van der Waals surface area contributed by atoms with E-state index in [9.17, 15) is 9.59 Å². The van der Waals surface area contributed by atoms with Crippen molar-refractivity contribution in [3.05, 3.63) is 179 Å². The Morgan fingerprint density at radius 1 is 0.413 bits per heavy atom. The molecule has 0 aliphatic rings. The minimum atomic E-state index is -0.191. The second-order valence-corrected chi connectivity index (χ2v) is 10.7. The maximum Gasteiger partial charge on any atom is 0.215 e. The number of nitrogens with zero attached hydrogens (tertiary/aromatic N) is 6. The molecule has 0 unspecified atom stereocenters. The van der Waals surface area contributed by atoms with Gasteiger partial charge >= 0.3 is 0 Å². The lowest BCUT2D eigenvalue weighted by atomic mass is 10.0. The molecule has 2 aromatic heterocycles. The van der Waals surface area contributed by atoms with Gasteiger partial charge in [0.2, 0.25) is 11.6 Å². The number of hydrogen-bond donors (Lipinski definition) is 0. The zero-order chi connectivity index (χ0) is 31.3. The van der Waals surface area contributed by atoms with Crippen molar-refractivity contribution in [3.8, 4) is 22.5 Å². The number of hydrogen-bond acceptors (Lipinski definition) is 6. The molecule has 0 amide bonds. The van der Waals surface area contributed by atoms with Crippen molar-refractivity contribution in [2.24, 2.45) is 0 Å². The molecule has 0 bridgehead atoms. The van der Waals surface area contributed by atoms with Crippen molar-refractivity contribution >= 4 is 11.6 Å². The van der Waals surface area contributed by atoms with E-state index in [4.69, 9.17) is 20.4 Å². The quantitative estimate of drug-likeness (QED) is 0.161. The Labute approximate surface area is 265 Å². The lowest BCUT2D eigenvalue weighted by Crippen LogP contribution is -2.12. The van der Waals surface area contributed by atoms with Crippen LogP contribution in [-0.4, -0.2) is 41.6 Å². The molecule has 0 N–H and O–H groups in total. The number of aromatic nitrogens is 6. The monoisotopic (exact) mass is 600 g/mol. The molecule has 5 aromatic carbocycles. The van der Waals surface area contributed by atoms with E-state index in [1.54, 1.807) is 33.9 Å². The smallest absolute Gasteiger partial charge is 0.215 e. The van der Waals surface area contributed by atoms with Gasteiger partial charge in [0.25, 0.3) is 0 Å². The van der Waals surface area contributed by atoms with Crippen molar-refractivity contribution in [2.75, 3.05) is 0 Å². The van der Waals surface area contributed by atoms with Crippen LogP contribution in [0.2, 0.25) is 0 Å². The van der Waals surface area contributed by atoms with E-state index in [1.165, 1.54) is 0 Å². The third-order valence-electron chi connectivity index (χ3n) is 7.65. The maximum atomic E-state index is 13.6. The minimum absolute atomic E-state index is 0.191. The first kappa shape index (κ1) is 28.5. The average molecular weight is 601 g/mol. The molecule has 0 aliphatic heterocycles. The SMILES string of the molecule is O=C(c1ccccc1)c1nn(Cc2ccccc2Cn2nc(C(=O)c3ccccc3)c(-c3ccccc3)n2)nc1-c1ccccc1. The zero-order valence-corrected chi connectivity index (χ0v) is 24.8. The summed E-state index contributed by atoms with van der Waals surface area (Å²) >= 11 is 0. The van der Waals surface area contributed by atoms with E-state index in [2.05, 4.69) is 0 Å². The van der Waals surface area contributed by atoms with Crippen LogP contribution in [0.3, 0.4) is 0 Å². The van der Waals surface area contributed by atoms with Crippen molar-refractivity contribution in [2.45, 2.75) is 13.1 Å². The molecular weight excluding hydrogens is 572 g/mol. The van der Waals surface area contributed by atoms with Crippen molar-refractivity contribution < 1.29 is 9.59 Å². The van der Waals surface area contributed by atoms with Crippen LogP contribution in [0.5, 0.6) is 0 Å². The Bertz CT molecular complexity index is 1970. The highest BCUT2D eigenvalue weighted by molar-refractivity contribution is 6.11. The Kier molecular flexibility index (Phi) is 7.90. The van der Waals surface area contributed by atoms with Crippen LogP contribution in [0, 0.1) is 0 Å². The lowest BCUT2D eigenvalue weighted by molar-refractivity contribution is 0.102. The van der Waals surface area contributed by atoms with Crippen LogP contribution in [0.15, 0.2) is 146 Å². The Hall–Kier alpha value is -6.28. The van der Waals surface area contributed by atoms with Crippen LogP contribution in [0.25, 0.3) is 22.5 Å². The van der Waals surface area contributed by atoms with Gasteiger partial charge in [0.05, 0.1) is 13.1 Å². The second-order valence-electron chi connectivity index (χ2n) is 10.7. The van der Waals surface area contributed by atoms with Crippen LogP contribution in [0.1, 0.15) is 43.2 Å². The van der Waals surface area contributed by atoms with E-state index < -0.39 is 0 Å². The molecule has 46 heavy (non-hydrogen) atoms. The number of ketones is 2. The van der Waals surface area contributed by atoms with Gasteiger partial charge in [-0.3, -0.25) is 9.59 Å². The maximum absolute atomic E-state index is 13.6. The predicted molar refractivity (Wildman–Crippen MR) is 175 cm³/mol. The van der Waals surface area contributed by atoms with Gasteiger partial charge in [0, 0.05) is 22.3 Å². The number of carbonyl (C=O) groups excluding carboxylic acids is 2. The van der Waals surface area contributed by atoms with Crippen LogP contribution in [0.4, 0.5) is 0 Å². The largest absolute Gasteiger partial charge is 0.287 e. The third kappa shape index (κ3) is 5.92. The highest BCUT2D eigenvalue weighted by Crippen LogP contribution is 2.25. The number of rotatable bonds is 10. The van der Waals surface area contributed by atoms with E-state index in [0.717, 1.165) is 22.3 Å². The summed E-state index contributed by atoms with van der Waals surface area (Å²) in [6.45, 7) is 0.640. The molecule has 0 saturated heterocycles. The molecule has 0 aliphatic carbocycles. The summed E-state index contributed by atoms with van der Waals surface area (Å²) in [7, 11) is 0. The molecule has 7 rings (SSSR count). The fraction of sp³-hybridized carbons (Fsp3) is 0.0526.